The van der Waals surface area contributed by atoms with Crippen LogP contribution in [0.15, 0.2) is 12.1 Å². The van der Waals surface area contributed by atoms with E-state index in [1.54, 1.807) is 0 Å². The third kappa shape index (κ3) is 3.62. The number of anilines is 1. The van der Waals surface area contributed by atoms with Crippen molar-refractivity contribution in [3.05, 3.63) is 23.4 Å². The molecule has 146 valence electrons. The molecule has 4 rings (SSSR count). The van der Waals surface area contributed by atoms with E-state index in [0.717, 1.165) is 36.8 Å². The van der Waals surface area contributed by atoms with Crippen molar-refractivity contribution in [2.75, 3.05) is 18.5 Å². The molecule has 0 unspecified atom stereocenters. The van der Waals surface area contributed by atoms with Gasteiger partial charge in [-0.2, -0.15) is 0 Å². The highest BCUT2D eigenvalue weighted by Gasteiger charge is 2.49. The molecule has 5 nitrogen and oxygen atoms in total. The van der Waals surface area contributed by atoms with Gasteiger partial charge in [0, 0.05) is 24.1 Å². The second-order valence-corrected chi connectivity index (χ2v) is 10.0. The molecule has 1 aliphatic heterocycles. The summed E-state index contributed by atoms with van der Waals surface area (Å²) in [5.41, 5.74) is 4.85. The van der Waals surface area contributed by atoms with E-state index < -0.39 is 0 Å². The summed E-state index contributed by atoms with van der Waals surface area (Å²) < 4.78 is 7.79. The Labute approximate surface area is 161 Å². The maximum atomic E-state index is 12.3. The van der Waals surface area contributed by atoms with Gasteiger partial charge in [-0.25, -0.2) is 4.98 Å². The fraction of sp³-hybridized carbons (Fsp3) is 0.636. The van der Waals surface area contributed by atoms with Crippen molar-refractivity contribution >= 4 is 22.8 Å². The highest BCUT2D eigenvalue weighted by molar-refractivity contribution is 5.92. The average Bonchev–Trinajstić information content (AvgIpc) is 2.74. The number of rotatable bonds is 4. The quantitative estimate of drug-likeness (QED) is 0.866. The third-order valence-corrected chi connectivity index (χ3v) is 5.93. The van der Waals surface area contributed by atoms with E-state index in [-0.39, 0.29) is 11.3 Å². The molecule has 1 saturated heterocycles. The first-order valence-corrected chi connectivity index (χ1v) is 9.99. The molecule has 0 atom stereocenters. The minimum Gasteiger partial charge on any atom is -0.380 e. The number of aromatic nitrogens is 2. The van der Waals surface area contributed by atoms with Crippen molar-refractivity contribution in [2.45, 2.75) is 60.4 Å². The van der Waals surface area contributed by atoms with Crippen molar-refractivity contribution < 1.29 is 9.53 Å². The number of nitrogens with zero attached hydrogens (tertiary/aromatic N) is 2. The van der Waals surface area contributed by atoms with E-state index >= 15 is 0 Å². The SMILES string of the molecule is Cc1cc2c(cc(C)n2CC2CC3(COC3)C2)nc1NC(=O)CC(C)(C)C. The Kier molecular flexibility index (Phi) is 4.34. The maximum Gasteiger partial charge on any atom is 0.226 e. The van der Waals surface area contributed by atoms with Crippen LogP contribution < -0.4 is 5.32 Å². The van der Waals surface area contributed by atoms with E-state index in [0.29, 0.717) is 17.7 Å². The lowest BCUT2D eigenvalue weighted by molar-refractivity contribution is -0.180. The smallest absolute Gasteiger partial charge is 0.226 e. The van der Waals surface area contributed by atoms with Crippen molar-refractivity contribution in [1.29, 1.82) is 0 Å². The number of ether oxygens (including phenoxy) is 1. The number of amides is 1. The Balaban J connectivity index is 1.52. The summed E-state index contributed by atoms with van der Waals surface area (Å²) in [6, 6.07) is 4.30. The molecule has 2 aromatic heterocycles. The van der Waals surface area contributed by atoms with Crippen LogP contribution in [0, 0.1) is 30.6 Å². The van der Waals surface area contributed by atoms with Crippen molar-refractivity contribution in [3.63, 3.8) is 0 Å². The molecule has 1 aliphatic carbocycles. The Bertz CT molecular complexity index is 879. The zero-order chi connectivity index (χ0) is 19.4. The van der Waals surface area contributed by atoms with Gasteiger partial charge in [0.15, 0.2) is 0 Å². The van der Waals surface area contributed by atoms with E-state index in [1.807, 2.05) is 6.92 Å². The second kappa shape index (κ2) is 6.33. The molecular formula is C22H31N3O2. The van der Waals surface area contributed by atoms with E-state index in [4.69, 9.17) is 9.72 Å². The minimum atomic E-state index is -0.0341. The number of carbonyl (C=O) groups is 1. The molecule has 1 spiro atoms. The van der Waals surface area contributed by atoms with Gasteiger partial charge in [-0.05, 0) is 55.7 Å². The van der Waals surface area contributed by atoms with Gasteiger partial charge in [0.2, 0.25) is 5.91 Å². The zero-order valence-electron chi connectivity index (χ0n) is 17.2. The predicted molar refractivity (Wildman–Crippen MR) is 108 cm³/mol. The molecule has 3 heterocycles. The van der Waals surface area contributed by atoms with Crippen LogP contribution in [-0.4, -0.2) is 28.7 Å². The maximum absolute atomic E-state index is 12.3. The van der Waals surface area contributed by atoms with Gasteiger partial charge in [0.05, 0.1) is 24.2 Å². The molecule has 2 aliphatic rings. The van der Waals surface area contributed by atoms with Crippen LogP contribution in [0.25, 0.3) is 11.0 Å². The van der Waals surface area contributed by atoms with Crippen LogP contribution in [-0.2, 0) is 16.1 Å². The molecule has 1 amide bonds. The normalized spacial score (nSPS) is 19.1. The lowest BCUT2D eigenvalue weighted by Crippen LogP contribution is -2.53. The van der Waals surface area contributed by atoms with Crippen molar-refractivity contribution in [3.8, 4) is 0 Å². The molecule has 27 heavy (non-hydrogen) atoms. The summed E-state index contributed by atoms with van der Waals surface area (Å²) in [6.45, 7) is 13.3. The van der Waals surface area contributed by atoms with E-state index in [1.165, 1.54) is 24.1 Å². The summed E-state index contributed by atoms with van der Waals surface area (Å²) in [5, 5.41) is 3.00. The number of pyridine rings is 1. The minimum absolute atomic E-state index is 0.0242. The van der Waals surface area contributed by atoms with Crippen LogP contribution >= 0.6 is 0 Å². The highest BCUT2D eigenvalue weighted by atomic mass is 16.5. The number of hydrogen-bond acceptors (Lipinski definition) is 3. The van der Waals surface area contributed by atoms with Crippen LogP contribution in [0.4, 0.5) is 5.82 Å². The van der Waals surface area contributed by atoms with E-state index in [2.05, 4.69) is 49.7 Å². The fourth-order valence-electron chi connectivity index (χ4n) is 4.61. The standard InChI is InChI=1S/C22H31N3O2/c1-14-6-18-17(23-20(14)24-19(26)10-21(3,4)5)7-15(2)25(18)11-16-8-22(9-16)12-27-13-22/h6-7,16H,8-13H2,1-5H3,(H,23,24,26). The molecular weight excluding hydrogens is 338 g/mol. The van der Waals surface area contributed by atoms with Crippen LogP contribution in [0.1, 0.15) is 51.3 Å². The summed E-state index contributed by atoms with van der Waals surface area (Å²) in [5.74, 6) is 1.44. The third-order valence-electron chi connectivity index (χ3n) is 5.93. The van der Waals surface area contributed by atoms with Gasteiger partial charge in [0.1, 0.15) is 5.82 Å². The van der Waals surface area contributed by atoms with Gasteiger partial charge >= 0.3 is 0 Å². The Morgan fingerprint density at radius 1 is 1.30 bits per heavy atom. The molecule has 0 bridgehead atoms. The van der Waals surface area contributed by atoms with Gasteiger partial charge in [-0.1, -0.05) is 20.8 Å². The molecule has 0 radical (unpaired) electrons. The van der Waals surface area contributed by atoms with Crippen LogP contribution in [0.2, 0.25) is 0 Å². The zero-order valence-corrected chi connectivity index (χ0v) is 17.2. The lowest BCUT2D eigenvalue weighted by atomic mass is 9.60. The van der Waals surface area contributed by atoms with Crippen LogP contribution in [0.3, 0.4) is 0 Å². The number of aryl methyl sites for hydroxylation is 2. The first kappa shape index (κ1) is 18.5. The van der Waals surface area contributed by atoms with E-state index in [9.17, 15) is 4.79 Å². The summed E-state index contributed by atoms with van der Waals surface area (Å²) in [4.78, 5) is 17.1. The summed E-state index contributed by atoms with van der Waals surface area (Å²) in [6.07, 6.45) is 3.04. The van der Waals surface area contributed by atoms with Crippen molar-refractivity contribution in [1.82, 2.24) is 9.55 Å². The number of carbonyl (C=O) groups excluding carboxylic acids is 1. The van der Waals surface area contributed by atoms with Gasteiger partial charge < -0.3 is 14.6 Å². The average molecular weight is 370 g/mol. The summed E-state index contributed by atoms with van der Waals surface area (Å²) in [7, 11) is 0. The molecule has 1 saturated carbocycles. The first-order valence-electron chi connectivity index (χ1n) is 9.99. The Morgan fingerprint density at radius 2 is 2.00 bits per heavy atom. The predicted octanol–water partition coefficient (Wildman–Crippen LogP) is 4.45. The molecule has 0 aromatic carbocycles. The number of fused-ring (bicyclic) bond motifs is 1. The van der Waals surface area contributed by atoms with Gasteiger partial charge in [0.25, 0.3) is 0 Å². The molecule has 2 fully saturated rings. The Morgan fingerprint density at radius 3 is 2.59 bits per heavy atom. The highest BCUT2D eigenvalue weighted by Crippen LogP contribution is 2.51. The number of hydrogen-bond donors (Lipinski definition) is 1. The second-order valence-electron chi connectivity index (χ2n) is 10.0. The van der Waals surface area contributed by atoms with Gasteiger partial charge in [-0.15, -0.1) is 0 Å². The Hall–Kier alpha value is -1.88. The van der Waals surface area contributed by atoms with Gasteiger partial charge in [-0.3, -0.25) is 4.79 Å². The van der Waals surface area contributed by atoms with Crippen LogP contribution in [0.5, 0.6) is 0 Å². The molecule has 5 heteroatoms. The number of nitrogens with one attached hydrogen (secondary N) is 1. The fourth-order valence-corrected chi connectivity index (χ4v) is 4.61. The van der Waals surface area contributed by atoms with Crippen molar-refractivity contribution in [2.24, 2.45) is 16.7 Å². The molecule has 2 aromatic rings. The topological polar surface area (TPSA) is 56.1 Å². The first-order chi connectivity index (χ1) is 12.6. The monoisotopic (exact) mass is 369 g/mol. The largest absolute Gasteiger partial charge is 0.380 e. The molecule has 1 N–H and O–H groups in total. The summed E-state index contributed by atoms with van der Waals surface area (Å²) >= 11 is 0. The lowest BCUT2D eigenvalue weighted by Gasteiger charge is -2.53.